The number of hydrogen-bond donors (Lipinski definition) is 1. The molecule has 10 heteroatoms. The minimum atomic E-state index is -4.01. The average molecular weight is 407 g/mol. The van der Waals surface area contributed by atoms with Crippen molar-refractivity contribution in [2.75, 3.05) is 6.26 Å². The maximum Gasteiger partial charge on any atom is 0.262 e. The molecular weight excluding hydrogens is 390 g/mol. The van der Waals surface area contributed by atoms with Crippen molar-refractivity contribution in [3.63, 3.8) is 0 Å². The summed E-state index contributed by atoms with van der Waals surface area (Å²) in [7, 11) is -7.52. The third kappa shape index (κ3) is 4.80. The summed E-state index contributed by atoms with van der Waals surface area (Å²) >= 11 is 0. The molecule has 142 valence electrons. The van der Waals surface area contributed by atoms with Crippen LogP contribution in [0, 0.1) is 0 Å². The van der Waals surface area contributed by atoms with Crippen molar-refractivity contribution in [3.8, 4) is 5.69 Å². The van der Waals surface area contributed by atoms with Gasteiger partial charge in [0, 0.05) is 18.6 Å². The molecule has 3 aromatic rings. The lowest BCUT2D eigenvalue weighted by Crippen LogP contribution is -2.24. The van der Waals surface area contributed by atoms with Gasteiger partial charge in [-0.1, -0.05) is 23.1 Å². The zero-order valence-electron chi connectivity index (χ0n) is 14.3. The smallest absolute Gasteiger partial charge is 0.262 e. The highest BCUT2D eigenvalue weighted by molar-refractivity contribution is 7.91. The Balaban J connectivity index is 1.64. The van der Waals surface area contributed by atoms with Crippen molar-refractivity contribution in [3.05, 3.63) is 72.6 Å². The first-order valence-electron chi connectivity index (χ1n) is 7.78. The Kier molecular flexibility index (Phi) is 5.42. The van der Waals surface area contributed by atoms with Gasteiger partial charge in [-0.05, 0) is 42.0 Å². The minimum Gasteiger partial charge on any atom is -0.282 e. The van der Waals surface area contributed by atoms with E-state index >= 15 is 0 Å². The van der Waals surface area contributed by atoms with Gasteiger partial charge in [0.1, 0.15) is 0 Å². The van der Waals surface area contributed by atoms with Gasteiger partial charge in [-0.25, -0.2) is 21.5 Å². The molecule has 0 spiro atoms. The Morgan fingerprint density at radius 3 is 2.33 bits per heavy atom. The van der Waals surface area contributed by atoms with Gasteiger partial charge in [-0.2, -0.15) is 5.10 Å². The van der Waals surface area contributed by atoms with Crippen molar-refractivity contribution >= 4 is 19.9 Å². The maximum absolute atomic E-state index is 12.3. The minimum absolute atomic E-state index is 0.00435. The molecule has 1 aromatic heterocycles. The molecule has 0 aliphatic rings. The molecule has 0 unspecified atom stereocenters. The summed E-state index contributed by atoms with van der Waals surface area (Å²) in [5.41, 5.74) is 1.61. The molecular formula is C17H17N3O5S2. The zero-order valence-corrected chi connectivity index (χ0v) is 15.9. The second-order valence-electron chi connectivity index (χ2n) is 5.74. The van der Waals surface area contributed by atoms with Gasteiger partial charge in [-0.3, -0.25) is 4.84 Å². The van der Waals surface area contributed by atoms with Crippen molar-refractivity contribution < 1.29 is 21.7 Å². The average Bonchev–Trinajstić information content (AvgIpc) is 3.16. The summed E-state index contributed by atoms with van der Waals surface area (Å²) in [5, 5.41) is 4.12. The Morgan fingerprint density at radius 2 is 1.70 bits per heavy atom. The van der Waals surface area contributed by atoms with E-state index in [9.17, 15) is 16.8 Å². The molecule has 2 aromatic carbocycles. The standard InChI is InChI=1S/C17H17N3O5S2/c1-26(21,22)16-4-2-5-17(12-16)27(23,24)19-25-13-14-6-8-15(9-7-14)20-11-3-10-18-20/h2-12,19H,13H2,1H3. The van der Waals surface area contributed by atoms with E-state index < -0.39 is 19.9 Å². The molecule has 1 heterocycles. The fourth-order valence-corrected chi connectivity index (χ4v) is 3.87. The van der Waals surface area contributed by atoms with Crippen LogP contribution in [0.5, 0.6) is 0 Å². The summed E-state index contributed by atoms with van der Waals surface area (Å²) < 4.78 is 49.4. The van der Waals surface area contributed by atoms with Crippen LogP contribution < -0.4 is 4.89 Å². The third-order valence-electron chi connectivity index (χ3n) is 3.66. The molecule has 0 amide bonds. The lowest BCUT2D eigenvalue weighted by molar-refractivity contribution is 0.0795. The summed E-state index contributed by atoms with van der Waals surface area (Å²) in [6.45, 7) is 0.00435. The van der Waals surface area contributed by atoms with Crippen molar-refractivity contribution in [2.45, 2.75) is 16.4 Å². The van der Waals surface area contributed by atoms with Crippen LogP contribution in [0.3, 0.4) is 0 Å². The predicted octanol–water partition coefficient (Wildman–Crippen LogP) is 1.69. The molecule has 8 nitrogen and oxygen atoms in total. The Hall–Kier alpha value is -2.53. The third-order valence-corrected chi connectivity index (χ3v) is 5.98. The fraction of sp³-hybridized carbons (Fsp3) is 0.118. The highest BCUT2D eigenvalue weighted by Crippen LogP contribution is 2.16. The summed E-state index contributed by atoms with van der Waals surface area (Å²) in [4.78, 5) is 6.81. The second kappa shape index (κ2) is 7.61. The molecule has 3 rings (SSSR count). The van der Waals surface area contributed by atoms with Gasteiger partial charge in [0.25, 0.3) is 10.0 Å². The van der Waals surface area contributed by atoms with E-state index in [1.165, 1.54) is 18.2 Å². The van der Waals surface area contributed by atoms with E-state index in [0.717, 1.165) is 23.6 Å². The first kappa shape index (κ1) is 19.2. The quantitative estimate of drug-likeness (QED) is 0.597. The van der Waals surface area contributed by atoms with E-state index in [0.29, 0.717) is 0 Å². The maximum atomic E-state index is 12.3. The zero-order chi connectivity index (χ0) is 19.5. The number of nitrogens with one attached hydrogen (secondary N) is 1. The fourth-order valence-electron chi connectivity index (χ4n) is 2.28. The highest BCUT2D eigenvalue weighted by atomic mass is 32.2. The molecule has 1 N–H and O–H groups in total. The number of aromatic nitrogens is 2. The lowest BCUT2D eigenvalue weighted by atomic mass is 10.2. The number of sulfone groups is 1. The number of hydrogen-bond acceptors (Lipinski definition) is 6. The molecule has 0 atom stereocenters. The van der Waals surface area contributed by atoms with Crippen molar-refractivity contribution in [1.29, 1.82) is 0 Å². The monoisotopic (exact) mass is 407 g/mol. The van der Waals surface area contributed by atoms with Crippen molar-refractivity contribution in [1.82, 2.24) is 14.7 Å². The van der Waals surface area contributed by atoms with Crippen LogP contribution in [-0.2, 0) is 31.3 Å². The summed E-state index contributed by atoms with van der Waals surface area (Å²) in [6, 6.07) is 14.1. The number of benzene rings is 2. The van der Waals surface area contributed by atoms with Crippen LogP contribution in [0.15, 0.2) is 76.8 Å². The van der Waals surface area contributed by atoms with Gasteiger partial charge >= 0.3 is 0 Å². The Labute approximate surface area is 157 Å². The molecule has 0 bridgehead atoms. The van der Waals surface area contributed by atoms with Crippen molar-refractivity contribution in [2.24, 2.45) is 0 Å². The van der Waals surface area contributed by atoms with E-state index in [2.05, 4.69) is 5.10 Å². The molecule has 0 saturated carbocycles. The predicted molar refractivity (Wildman–Crippen MR) is 98.2 cm³/mol. The van der Waals surface area contributed by atoms with E-state index in [1.807, 2.05) is 29.3 Å². The molecule has 27 heavy (non-hydrogen) atoms. The summed E-state index contributed by atoms with van der Waals surface area (Å²) in [5.74, 6) is 0. The molecule has 0 fully saturated rings. The topological polar surface area (TPSA) is 107 Å². The lowest BCUT2D eigenvalue weighted by Gasteiger charge is -2.09. The SMILES string of the molecule is CS(=O)(=O)c1cccc(S(=O)(=O)NOCc2ccc(-n3cccn3)cc2)c1. The van der Waals surface area contributed by atoms with Gasteiger partial charge in [0.15, 0.2) is 9.84 Å². The largest absolute Gasteiger partial charge is 0.282 e. The van der Waals surface area contributed by atoms with Crippen LogP contribution in [0.25, 0.3) is 5.69 Å². The molecule has 0 aliphatic heterocycles. The van der Waals surface area contributed by atoms with Gasteiger partial charge in [0.05, 0.1) is 22.1 Å². The van der Waals surface area contributed by atoms with Crippen LogP contribution in [0.1, 0.15) is 5.56 Å². The molecule has 0 radical (unpaired) electrons. The first-order chi connectivity index (χ1) is 12.8. The number of rotatable bonds is 7. The van der Waals surface area contributed by atoms with Gasteiger partial charge in [-0.15, -0.1) is 0 Å². The first-order valence-corrected chi connectivity index (χ1v) is 11.2. The van der Waals surface area contributed by atoms with Gasteiger partial charge < -0.3 is 0 Å². The molecule has 0 saturated heterocycles. The van der Waals surface area contributed by atoms with E-state index in [-0.39, 0.29) is 16.4 Å². The Bertz CT molecular complexity index is 1120. The van der Waals surface area contributed by atoms with Gasteiger partial charge in [0.2, 0.25) is 0 Å². The summed E-state index contributed by atoms with van der Waals surface area (Å²) in [6.07, 6.45) is 4.49. The van der Waals surface area contributed by atoms with Crippen LogP contribution in [0.2, 0.25) is 0 Å². The Morgan fingerprint density at radius 1 is 1.00 bits per heavy atom. The van der Waals surface area contributed by atoms with Crippen LogP contribution in [0.4, 0.5) is 0 Å². The number of sulfonamides is 1. The van der Waals surface area contributed by atoms with Crippen LogP contribution in [-0.4, -0.2) is 32.9 Å². The highest BCUT2D eigenvalue weighted by Gasteiger charge is 2.17. The second-order valence-corrected chi connectivity index (χ2v) is 9.40. The molecule has 0 aliphatic carbocycles. The van der Waals surface area contributed by atoms with E-state index in [1.54, 1.807) is 23.0 Å². The van der Waals surface area contributed by atoms with Crippen LogP contribution >= 0.6 is 0 Å². The van der Waals surface area contributed by atoms with E-state index in [4.69, 9.17) is 4.84 Å². The number of nitrogens with zero attached hydrogens (tertiary/aromatic N) is 2. The normalized spacial score (nSPS) is 12.2.